The molecule has 0 saturated carbocycles. The van der Waals surface area contributed by atoms with Gasteiger partial charge < -0.3 is 9.32 Å². The summed E-state index contributed by atoms with van der Waals surface area (Å²) in [6.45, 7) is 7.68. The molecule has 3 aliphatic heterocycles. The Morgan fingerprint density at radius 3 is 3.04 bits per heavy atom. The predicted molar refractivity (Wildman–Crippen MR) is 100 cm³/mol. The van der Waals surface area contributed by atoms with Crippen molar-refractivity contribution in [2.45, 2.75) is 44.9 Å². The fourth-order valence-corrected chi connectivity index (χ4v) is 4.73. The Kier molecular flexibility index (Phi) is 4.49. The lowest BCUT2D eigenvalue weighted by Crippen LogP contribution is -2.54. The summed E-state index contributed by atoms with van der Waals surface area (Å²) in [6.07, 6.45) is 5.61. The first-order chi connectivity index (χ1) is 13.3. The topological polar surface area (TPSA) is 57.8 Å². The van der Waals surface area contributed by atoms with Crippen LogP contribution in [0.5, 0.6) is 0 Å². The second kappa shape index (κ2) is 7.13. The normalized spacial score (nSPS) is 23.9. The van der Waals surface area contributed by atoms with Gasteiger partial charge in [0, 0.05) is 38.8 Å². The van der Waals surface area contributed by atoms with Crippen molar-refractivity contribution in [3.05, 3.63) is 41.6 Å². The molecule has 2 aromatic heterocycles. The van der Waals surface area contributed by atoms with E-state index in [2.05, 4.69) is 20.5 Å². The molecule has 27 heavy (non-hydrogen) atoms. The Hall–Kier alpha value is -2.12. The lowest BCUT2D eigenvalue weighted by atomic mass is 9.99. The van der Waals surface area contributed by atoms with Crippen LogP contribution in [-0.4, -0.2) is 69.2 Å². The highest BCUT2D eigenvalue weighted by molar-refractivity contribution is 5.91. The average Bonchev–Trinajstić information content (AvgIpc) is 3.36. The maximum absolute atomic E-state index is 12.5. The maximum atomic E-state index is 12.5. The van der Waals surface area contributed by atoms with E-state index in [0.717, 1.165) is 43.6 Å². The van der Waals surface area contributed by atoms with Crippen molar-refractivity contribution in [1.82, 2.24) is 24.5 Å². The zero-order chi connectivity index (χ0) is 18.2. The molecule has 1 amide bonds. The van der Waals surface area contributed by atoms with Crippen LogP contribution in [0.15, 0.2) is 28.9 Å². The Labute approximate surface area is 159 Å². The fraction of sp³-hybridized carbons (Fsp3) is 0.600. The Morgan fingerprint density at radius 2 is 2.15 bits per heavy atom. The number of piperidine rings is 1. The summed E-state index contributed by atoms with van der Waals surface area (Å²) in [5.74, 6) is 0.371. The third-order valence-corrected chi connectivity index (χ3v) is 6.17. The summed E-state index contributed by atoms with van der Waals surface area (Å²) in [7, 11) is 0. The molecule has 5 heterocycles. The van der Waals surface area contributed by atoms with Crippen LogP contribution in [0.4, 0.5) is 0 Å². The summed E-state index contributed by atoms with van der Waals surface area (Å²) in [6, 6.07) is 6.39. The number of piperazine rings is 1. The number of carbonyl (C=O) groups is 1. The van der Waals surface area contributed by atoms with Crippen molar-refractivity contribution in [2.75, 3.05) is 32.7 Å². The van der Waals surface area contributed by atoms with Gasteiger partial charge in [-0.1, -0.05) is 6.42 Å². The molecular formula is C20H27N5O2. The minimum Gasteiger partial charge on any atom is -0.459 e. The molecule has 3 aliphatic rings. The molecule has 0 radical (unpaired) electrons. The van der Waals surface area contributed by atoms with Gasteiger partial charge in [-0.05, 0) is 37.6 Å². The molecule has 0 aromatic carbocycles. The van der Waals surface area contributed by atoms with E-state index in [-0.39, 0.29) is 5.91 Å². The molecule has 7 heteroatoms. The van der Waals surface area contributed by atoms with E-state index < -0.39 is 0 Å². The van der Waals surface area contributed by atoms with Crippen LogP contribution in [0.2, 0.25) is 0 Å². The van der Waals surface area contributed by atoms with Crippen LogP contribution in [0.25, 0.3) is 0 Å². The molecule has 7 nitrogen and oxygen atoms in total. The second-order valence-corrected chi connectivity index (χ2v) is 7.97. The standard InChI is InChI=1S/C20H27N5O2/c26-20(19-5-3-11-27-19)24-9-10-25-18(15-24)12-16(21-25)13-22-7-8-23-6-2-1-4-17(23)14-22/h3,5,11-12,17H,1-2,4,6-10,13-15H2/t17-/m0/s1. The molecule has 0 spiro atoms. The Morgan fingerprint density at radius 1 is 1.19 bits per heavy atom. The number of aromatic nitrogens is 2. The number of rotatable bonds is 3. The highest BCUT2D eigenvalue weighted by atomic mass is 16.3. The molecule has 2 saturated heterocycles. The van der Waals surface area contributed by atoms with Crippen molar-refractivity contribution in [3.8, 4) is 0 Å². The molecule has 0 unspecified atom stereocenters. The fourth-order valence-electron chi connectivity index (χ4n) is 4.73. The molecule has 2 aromatic rings. The van der Waals surface area contributed by atoms with Gasteiger partial charge in [-0.3, -0.25) is 19.3 Å². The van der Waals surface area contributed by atoms with Crippen molar-refractivity contribution < 1.29 is 9.21 Å². The monoisotopic (exact) mass is 369 g/mol. The number of hydrogen-bond donors (Lipinski definition) is 0. The van der Waals surface area contributed by atoms with Crippen molar-refractivity contribution in [2.24, 2.45) is 0 Å². The quantitative estimate of drug-likeness (QED) is 0.826. The van der Waals surface area contributed by atoms with Crippen LogP contribution in [0.1, 0.15) is 41.2 Å². The lowest BCUT2D eigenvalue weighted by molar-refractivity contribution is 0.0450. The van der Waals surface area contributed by atoms with E-state index >= 15 is 0 Å². The molecule has 2 fully saturated rings. The van der Waals surface area contributed by atoms with E-state index in [1.165, 1.54) is 32.4 Å². The van der Waals surface area contributed by atoms with E-state index in [1.807, 2.05) is 4.90 Å². The Bertz CT molecular complexity index is 799. The molecular weight excluding hydrogens is 342 g/mol. The maximum Gasteiger partial charge on any atom is 0.289 e. The number of nitrogens with zero attached hydrogens (tertiary/aromatic N) is 5. The first-order valence-electron chi connectivity index (χ1n) is 10.1. The van der Waals surface area contributed by atoms with Gasteiger partial charge >= 0.3 is 0 Å². The summed E-state index contributed by atoms with van der Waals surface area (Å²) >= 11 is 0. The van der Waals surface area contributed by atoms with Crippen LogP contribution in [-0.2, 0) is 19.6 Å². The predicted octanol–water partition coefficient (Wildman–Crippen LogP) is 1.80. The number of fused-ring (bicyclic) bond motifs is 2. The van der Waals surface area contributed by atoms with Gasteiger partial charge in [-0.25, -0.2) is 0 Å². The molecule has 0 bridgehead atoms. The van der Waals surface area contributed by atoms with Crippen LogP contribution in [0.3, 0.4) is 0 Å². The first-order valence-corrected chi connectivity index (χ1v) is 10.1. The van der Waals surface area contributed by atoms with Crippen LogP contribution >= 0.6 is 0 Å². The van der Waals surface area contributed by atoms with Crippen molar-refractivity contribution >= 4 is 5.91 Å². The van der Waals surface area contributed by atoms with Gasteiger partial charge in [0.1, 0.15) is 0 Å². The van der Waals surface area contributed by atoms with Crippen molar-refractivity contribution in [1.29, 1.82) is 0 Å². The van der Waals surface area contributed by atoms with Gasteiger partial charge in [-0.2, -0.15) is 5.10 Å². The molecule has 0 aliphatic carbocycles. The smallest absolute Gasteiger partial charge is 0.289 e. The summed E-state index contributed by atoms with van der Waals surface area (Å²) in [5, 5.41) is 4.81. The van der Waals surface area contributed by atoms with Gasteiger partial charge in [0.2, 0.25) is 0 Å². The summed E-state index contributed by atoms with van der Waals surface area (Å²) < 4.78 is 7.33. The average molecular weight is 369 g/mol. The Balaban J connectivity index is 1.23. The largest absolute Gasteiger partial charge is 0.459 e. The number of hydrogen-bond acceptors (Lipinski definition) is 5. The van der Waals surface area contributed by atoms with Gasteiger partial charge in [0.15, 0.2) is 5.76 Å². The second-order valence-electron chi connectivity index (χ2n) is 7.97. The zero-order valence-electron chi connectivity index (χ0n) is 15.7. The van der Waals surface area contributed by atoms with Crippen LogP contribution in [0, 0.1) is 0 Å². The SMILES string of the molecule is O=C(c1ccco1)N1CCn2nc(CN3CCN4CCCC[C@H]4C3)cc2C1. The van der Waals surface area contributed by atoms with E-state index in [0.29, 0.717) is 18.8 Å². The highest BCUT2D eigenvalue weighted by Crippen LogP contribution is 2.23. The van der Waals surface area contributed by atoms with Gasteiger partial charge in [0.25, 0.3) is 5.91 Å². The van der Waals surface area contributed by atoms with Gasteiger partial charge in [-0.15, -0.1) is 0 Å². The number of amides is 1. The van der Waals surface area contributed by atoms with E-state index in [4.69, 9.17) is 9.52 Å². The molecule has 5 rings (SSSR count). The zero-order valence-corrected chi connectivity index (χ0v) is 15.7. The molecule has 1 atom stereocenters. The summed E-state index contributed by atoms with van der Waals surface area (Å²) in [5.41, 5.74) is 2.24. The molecule has 0 N–H and O–H groups in total. The minimum atomic E-state index is -0.0394. The van der Waals surface area contributed by atoms with Crippen molar-refractivity contribution in [3.63, 3.8) is 0 Å². The van der Waals surface area contributed by atoms with E-state index in [1.54, 1.807) is 18.4 Å². The molecule has 144 valence electrons. The summed E-state index contributed by atoms with van der Waals surface area (Å²) in [4.78, 5) is 19.6. The number of carbonyl (C=O) groups excluding carboxylic acids is 1. The van der Waals surface area contributed by atoms with Gasteiger partial charge in [0.05, 0.1) is 30.7 Å². The first kappa shape index (κ1) is 17.0. The van der Waals surface area contributed by atoms with E-state index in [9.17, 15) is 4.79 Å². The highest BCUT2D eigenvalue weighted by Gasteiger charge is 2.30. The third kappa shape index (κ3) is 3.41. The van der Waals surface area contributed by atoms with Crippen LogP contribution < -0.4 is 0 Å². The minimum absolute atomic E-state index is 0.0394. The lowest BCUT2D eigenvalue weighted by Gasteiger charge is -2.43. The third-order valence-electron chi connectivity index (χ3n) is 6.17. The number of furan rings is 1.